The van der Waals surface area contributed by atoms with Crippen LogP contribution < -0.4 is 0 Å². The number of hydrogen-bond donors (Lipinski definition) is 0. The van der Waals surface area contributed by atoms with E-state index in [-0.39, 0.29) is 12.4 Å². The summed E-state index contributed by atoms with van der Waals surface area (Å²) >= 11 is 3.24. The van der Waals surface area contributed by atoms with E-state index in [1.54, 1.807) is 6.07 Å². The number of hydrogen-bond acceptors (Lipinski definition) is 5. The third-order valence-corrected chi connectivity index (χ3v) is 4.07. The van der Waals surface area contributed by atoms with Crippen LogP contribution >= 0.6 is 15.9 Å². The number of nitrogens with zero attached hydrogens (tertiary/aromatic N) is 4. The van der Waals surface area contributed by atoms with E-state index < -0.39 is 5.97 Å². The third kappa shape index (κ3) is 3.07. The SMILES string of the molecule is CCc1c(C(=O)OCc2ccc(F)cc2Br)cnc2ncnn12. The van der Waals surface area contributed by atoms with Gasteiger partial charge in [0.25, 0.3) is 5.78 Å². The summed E-state index contributed by atoms with van der Waals surface area (Å²) in [5, 5.41) is 4.06. The minimum Gasteiger partial charge on any atom is -0.457 e. The Kier molecular flexibility index (Phi) is 4.33. The van der Waals surface area contributed by atoms with Crippen LogP contribution in [-0.2, 0) is 17.8 Å². The summed E-state index contributed by atoms with van der Waals surface area (Å²) in [4.78, 5) is 20.4. The number of carbonyl (C=O) groups is 1. The lowest BCUT2D eigenvalue weighted by molar-refractivity contribution is 0.0469. The Labute approximate surface area is 139 Å². The molecule has 8 heteroatoms. The van der Waals surface area contributed by atoms with Crippen LogP contribution in [-0.4, -0.2) is 25.6 Å². The number of fused-ring (bicyclic) bond motifs is 1. The summed E-state index contributed by atoms with van der Waals surface area (Å²) in [5.41, 5.74) is 1.69. The summed E-state index contributed by atoms with van der Waals surface area (Å²) in [6.07, 6.45) is 3.39. The Balaban J connectivity index is 1.83. The maximum absolute atomic E-state index is 13.1. The maximum atomic E-state index is 13.1. The molecule has 0 fully saturated rings. The fourth-order valence-electron chi connectivity index (χ4n) is 2.20. The van der Waals surface area contributed by atoms with Gasteiger partial charge in [0.15, 0.2) is 0 Å². The first-order valence-electron chi connectivity index (χ1n) is 6.88. The zero-order valence-electron chi connectivity index (χ0n) is 12.2. The van der Waals surface area contributed by atoms with E-state index in [0.717, 1.165) is 0 Å². The average molecular weight is 379 g/mol. The third-order valence-electron chi connectivity index (χ3n) is 3.33. The molecule has 3 aromatic rings. The van der Waals surface area contributed by atoms with E-state index >= 15 is 0 Å². The lowest BCUT2D eigenvalue weighted by Crippen LogP contribution is -2.13. The summed E-state index contributed by atoms with van der Waals surface area (Å²) < 4.78 is 20.4. The molecule has 0 saturated heterocycles. The number of benzene rings is 1. The molecule has 2 heterocycles. The van der Waals surface area contributed by atoms with Gasteiger partial charge in [-0.15, -0.1) is 0 Å². The molecule has 0 spiro atoms. The number of esters is 1. The molecule has 0 amide bonds. The molecule has 0 bridgehead atoms. The standard InChI is InChI=1S/C15H12BrFN4O2/c1-2-13-11(6-18-15-19-8-20-21(13)15)14(22)23-7-9-3-4-10(17)5-12(9)16/h3-6,8H,2,7H2,1H3. The largest absolute Gasteiger partial charge is 0.457 e. The fraction of sp³-hybridized carbons (Fsp3) is 0.200. The van der Waals surface area contributed by atoms with Crippen molar-refractivity contribution >= 4 is 27.7 Å². The zero-order chi connectivity index (χ0) is 16.4. The van der Waals surface area contributed by atoms with Crippen molar-refractivity contribution in [2.75, 3.05) is 0 Å². The molecule has 3 rings (SSSR count). The van der Waals surface area contributed by atoms with Gasteiger partial charge in [0.05, 0.1) is 11.3 Å². The number of aromatic nitrogens is 4. The average Bonchev–Trinajstić information content (AvgIpc) is 3.01. The first-order valence-corrected chi connectivity index (χ1v) is 7.68. The minimum atomic E-state index is -0.511. The summed E-state index contributed by atoms with van der Waals surface area (Å²) in [5.74, 6) is -0.441. The second-order valence-corrected chi connectivity index (χ2v) is 5.61. The second kappa shape index (κ2) is 6.41. The molecular formula is C15H12BrFN4O2. The molecule has 1 aromatic carbocycles. The number of rotatable bonds is 4. The van der Waals surface area contributed by atoms with Gasteiger partial charge in [0.2, 0.25) is 0 Å². The van der Waals surface area contributed by atoms with Crippen LogP contribution in [0.5, 0.6) is 0 Å². The molecule has 0 saturated carbocycles. The zero-order valence-corrected chi connectivity index (χ0v) is 13.7. The van der Waals surface area contributed by atoms with Crippen molar-refractivity contribution in [1.29, 1.82) is 0 Å². The Morgan fingerprint density at radius 2 is 2.22 bits per heavy atom. The van der Waals surface area contributed by atoms with Crippen LogP contribution in [0.2, 0.25) is 0 Å². The highest BCUT2D eigenvalue weighted by molar-refractivity contribution is 9.10. The van der Waals surface area contributed by atoms with Crippen LogP contribution in [0.1, 0.15) is 28.5 Å². The molecule has 0 aliphatic heterocycles. The number of halogens is 2. The molecule has 0 radical (unpaired) electrons. The molecule has 6 nitrogen and oxygen atoms in total. The van der Waals surface area contributed by atoms with Crippen molar-refractivity contribution in [2.24, 2.45) is 0 Å². The highest BCUT2D eigenvalue weighted by Crippen LogP contribution is 2.20. The highest BCUT2D eigenvalue weighted by Gasteiger charge is 2.17. The Morgan fingerprint density at radius 1 is 1.39 bits per heavy atom. The lowest BCUT2D eigenvalue weighted by Gasteiger charge is -2.10. The van der Waals surface area contributed by atoms with Gasteiger partial charge in [-0.05, 0) is 18.6 Å². The van der Waals surface area contributed by atoms with Crippen LogP contribution in [0.25, 0.3) is 5.78 Å². The van der Waals surface area contributed by atoms with Gasteiger partial charge < -0.3 is 4.74 Å². The monoisotopic (exact) mass is 378 g/mol. The Morgan fingerprint density at radius 3 is 2.96 bits per heavy atom. The van der Waals surface area contributed by atoms with Crippen LogP contribution in [0.3, 0.4) is 0 Å². The maximum Gasteiger partial charge on any atom is 0.341 e. The van der Waals surface area contributed by atoms with E-state index in [1.807, 2.05) is 6.92 Å². The summed E-state index contributed by atoms with van der Waals surface area (Å²) in [6, 6.07) is 4.20. The van der Waals surface area contributed by atoms with Gasteiger partial charge in [-0.1, -0.05) is 28.9 Å². The van der Waals surface area contributed by atoms with Gasteiger partial charge >= 0.3 is 5.97 Å². The van der Waals surface area contributed by atoms with Crippen molar-refractivity contribution < 1.29 is 13.9 Å². The highest BCUT2D eigenvalue weighted by atomic mass is 79.9. The lowest BCUT2D eigenvalue weighted by atomic mass is 10.2. The van der Waals surface area contributed by atoms with Crippen molar-refractivity contribution in [1.82, 2.24) is 19.6 Å². The number of carbonyl (C=O) groups excluding carboxylic acids is 1. The molecular weight excluding hydrogens is 367 g/mol. The van der Waals surface area contributed by atoms with Gasteiger partial charge in [-0.25, -0.2) is 18.7 Å². The van der Waals surface area contributed by atoms with Crippen molar-refractivity contribution in [3.8, 4) is 0 Å². The van der Waals surface area contributed by atoms with Crippen molar-refractivity contribution in [2.45, 2.75) is 20.0 Å². The second-order valence-electron chi connectivity index (χ2n) is 4.76. The minimum absolute atomic E-state index is 0.0260. The van der Waals surface area contributed by atoms with Crippen LogP contribution in [0.15, 0.2) is 35.2 Å². The topological polar surface area (TPSA) is 69.4 Å². The van der Waals surface area contributed by atoms with Crippen molar-refractivity contribution in [3.63, 3.8) is 0 Å². The summed E-state index contributed by atoms with van der Waals surface area (Å²) in [7, 11) is 0. The van der Waals surface area contributed by atoms with Gasteiger partial charge in [-0.3, -0.25) is 0 Å². The smallest absolute Gasteiger partial charge is 0.341 e. The fourth-order valence-corrected chi connectivity index (χ4v) is 2.66. The predicted octanol–water partition coefficient (Wildman–Crippen LogP) is 2.95. The molecule has 0 atom stereocenters. The predicted molar refractivity (Wildman–Crippen MR) is 83.4 cm³/mol. The Hall–Kier alpha value is -2.35. The van der Waals surface area contributed by atoms with Gasteiger partial charge in [-0.2, -0.15) is 10.1 Å². The quantitative estimate of drug-likeness (QED) is 0.652. The first kappa shape index (κ1) is 15.5. The number of ether oxygens (including phenoxy) is 1. The molecule has 0 aliphatic carbocycles. The Bertz CT molecular complexity index is 881. The van der Waals surface area contributed by atoms with E-state index in [2.05, 4.69) is 31.0 Å². The van der Waals surface area contributed by atoms with Crippen molar-refractivity contribution in [3.05, 3.63) is 57.8 Å². The van der Waals surface area contributed by atoms with Gasteiger partial charge in [0.1, 0.15) is 18.8 Å². The molecule has 23 heavy (non-hydrogen) atoms. The van der Waals surface area contributed by atoms with E-state index in [1.165, 1.54) is 29.2 Å². The van der Waals surface area contributed by atoms with E-state index in [4.69, 9.17) is 4.74 Å². The van der Waals surface area contributed by atoms with E-state index in [9.17, 15) is 9.18 Å². The first-order chi connectivity index (χ1) is 11.1. The molecule has 0 N–H and O–H groups in total. The van der Waals surface area contributed by atoms with Crippen LogP contribution in [0.4, 0.5) is 4.39 Å². The van der Waals surface area contributed by atoms with E-state index in [0.29, 0.717) is 33.5 Å². The normalized spacial score (nSPS) is 10.9. The molecule has 0 aliphatic rings. The molecule has 0 unspecified atom stereocenters. The van der Waals surface area contributed by atoms with Gasteiger partial charge in [0, 0.05) is 16.2 Å². The molecule has 2 aromatic heterocycles. The molecule has 118 valence electrons. The summed E-state index contributed by atoms with van der Waals surface area (Å²) in [6.45, 7) is 1.93. The number of aryl methyl sites for hydroxylation is 1. The van der Waals surface area contributed by atoms with Crippen LogP contribution in [0, 0.1) is 5.82 Å².